The van der Waals surface area contributed by atoms with Crippen LogP contribution in [0.3, 0.4) is 0 Å². The lowest BCUT2D eigenvalue weighted by Crippen LogP contribution is -2.22. The minimum Gasteiger partial charge on any atom is -0.486 e. The van der Waals surface area contributed by atoms with Gasteiger partial charge >= 0.3 is 0 Å². The highest BCUT2D eigenvalue weighted by Gasteiger charge is 2.12. The summed E-state index contributed by atoms with van der Waals surface area (Å²) in [7, 11) is 0. The Morgan fingerprint density at radius 1 is 1.11 bits per heavy atom. The Morgan fingerprint density at radius 2 is 1.93 bits per heavy atom. The normalized spacial score (nSPS) is 10.6. The highest BCUT2D eigenvalue weighted by atomic mass is 16.5. The maximum atomic E-state index is 12.2. The molecule has 1 N–H and O–H groups in total. The first-order valence-electron chi connectivity index (χ1n) is 8.63. The Kier molecular flexibility index (Phi) is 5.10. The Morgan fingerprint density at radius 3 is 2.68 bits per heavy atom. The number of hydrogen-bond donors (Lipinski definition) is 1. The summed E-state index contributed by atoms with van der Waals surface area (Å²) in [5, 5.41) is 10.7. The first-order chi connectivity index (χ1) is 13.8. The summed E-state index contributed by atoms with van der Waals surface area (Å²) < 4.78 is 12.5. The summed E-state index contributed by atoms with van der Waals surface area (Å²) in [4.78, 5) is 16.1. The van der Waals surface area contributed by atoms with Gasteiger partial charge in [0.2, 0.25) is 0 Å². The van der Waals surface area contributed by atoms with Crippen molar-refractivity contribution in [2.75, 3.05) is 0 Å². The first kappa shape index (κ1) is 17.5. The van der Waals surface area contributed by atoms with Crippen molar-refractivity contribution in [3.63, 3.8) is 0 Å². The van der Waals surface area contributed by atoms with E-state index >= 15 is 0 Å². The van der Waals surface area contributed by atoms with Gasteiger partial charge in [-0.1, -0.05) is 35.5 Å². The average molecular weight is 375 g/mol. The Labute approximate surface area is 160 Å². The molecule has 2 aromatic carbocycles. The number of carbonyl (C=O) groups is 1. The SMILES string of the molecule is O=C(NCc1ccccc1)c1cc(COc2ccc(-n3cncn3)cc2)on1. The average Bonchev–Trinajstić information content (AvgIpc) is 3.44. The van der Waals surface area contributed by atoms with Crippen LogP contribution < -0.4 is 10.1 Å². The van der Waals surface area contributed by atoms with E-state index in [-0.39, 0.29) is 18.2 Å². The van der Waals surface area contributed by atoms with Gasteiger partial charge in [-0.3, -0.25) is 4.79 Å². The minimum absolute atomic E-state index is 0.168. The second-order valence-electron chi connectivity index (χ2n) is 5.97. The zero-order chi connectivity index (χ0) is 19.2. The fraction of sp³-hybridized carbons (Fsp3) is 0.100. The van der Waals surface area contributed by atoms with Crippen LogP contribution in [0.4, 0.5) is 0 Å². The van der Waals surface area contributed by atoms with E-state index in [1.54, 1.807) is 17.1 Å². The topological polar surface area (TPSA) is 95.1 Å². The van der Waals surface area contributed by atoms with E-state index in [0.29, 0.717) is 18.1 Å². The maximum Gasteiger partial charge on any atom is 0.273 e. The molecule has 4 aromatic rings. The van der Waals surface area contributed by atoms with Gasteiger partial charge in [-0.05, 0) is 29.8 Å². The number of ether oxygens (including phenoxy) is 1. The molecule has 0 unspecified atom stereocenters. The van der Waals surface area contributed by atoms with E-state index in [9.17, 15) is 4.79 Å². The molecule has 2 heterocycles. The van der Waals surface area contributed by atoms with Crippen molar-refractivity contribution in [2.24, 2.45) is 0 Å². The lowest BCUT2D eigenvalue weighted by Gasteiger charge is -2.05. The minimum atomic E-state index is -0.295. The van der Waals surface area contributed by atoms with Crippen LogP contribution in [0.25, 0.3) is 5.69 Å². The summed E-state index contributed by atoms with van der Waals surface area (Å²) in [5.41, 5.74) is 2.11. The van der Waals surface area contributed by atoms with E-state index < -0.39 is 0 Å². The molecule has 0 aliphatic heterocycles. The molecular formula is C20H17N5O3. The molecule has 0 saturated carbocycles. The first-order valence-corrected chi connectivity index (χ1v) is 8.63. The summed E-state index contributed by atoms with van der Waals surface area (Å²) in [5.74, 6) is 0.830. The van der Waals surface area contributed by atoms with Crippen LogP contribution in [0.15, 0.2) is 77.8 Å². The molecule has 1 amide bonds. The van der Waals surface area contributed by atoms with E-state index in [4.69, 9.17) is 9.26 Å². The van der Waals surface area contributed by atoms with Crippen molar-refractivity contribution < 1.29 is 14.1 Å². The summed E-state index contributed by atoms with van der Waals surface area (Å²) in [6, 6.07) is 18.6. The van der Waals surface area contributed by atoms with Crippen LogP contribution in [0.1, 0.15) is 21.8 Å². The van der Waals surface area contributed by atoms with E-state index in [1.807, 2.05) is 54.6 Å². The molecule has 0 bridgehead atoms. The van der Waals surface area contributed by atoms with Gasteiger partial charge < -0.3 is 14.6 Å². The van der Waals surface area contributed by atoms with Crippen LogP contribution in [0, 0.1) is 0 Å². The second kappa shape index (κ2) is 8.17. The van der Waals surface area contributed by atoms with Gasteiger partial charge in [0.25, 0.3) is 5.91 Å². The molecular weight excluding hydrogens is 358 g/mol. The number of hydrogen-bond acceptors (Lipinski definition) is 6. The molecule has 0 fully saturated rings. The van der Waals surface area contributed by atoms with Gasteiger partial charge in [0.05, 0.1) is 5.69 Å². The third-order valence-electron chi connectivity index (χ3n) is 3.99. The fourth-order valence-corrected chi connectivity index (χ4v) is 2.55. The molecule has 140 valence electrons. The number of amides is 1. The predicted octanol–water partition coefficient (Wildman–Crippen LogP) is 2.76. The number of benzene rings is 2. The molecule has 0 aliphatic rings. The van der Waals surface area contributed by atoms with Gasteiger partial charge in [-0.25, -0.2) is 9.67 Å². The fourth-order valence-electron chi connectivity index (χ4n) is 2.55. The van der Waals surface area contributed by atoms with Crippen LogP contribution in [0.5, 0.6) is 5.75 Å². The number of nitrogens with one attached hydrogen (secondary N) is 1. The van der Waals surface area contributed by atoms with Crippen molar-refractivity contribution in [3.05, 3.63) is 90.3 Å². The molecule has 8 heteroatoms. The smallest absolute Gasteiger partial charge is 0.273 e. The van der Waals surface area contributed by atoms with Crippen molar-refractivity contribution in [2.45, 2.75) is 13.2 Å². The maximum absolute atomic E-state index is 12.2. The molecule has 2 aromatic heterocycles. The van der Waals surface area contributed by atoms with E-state index in [1.165, 1.54) is 6.33 Å². The quantitative estimate of drug-likeness (QED) is 0.534. The van der Waals surface area contributed by atoms with E-state index in [0.717, 1.165) is 11.3 Å². The van der Waals surface area contributed by atoms with Crippen molar-refractivity contribution in [1.82, 2.24) is 25.2 Å². The lowest BCUT2D eigenvalue weighted by atomic mass is 10.2. The molecule has 0 aliphatic carbocycles. The van der Waals surface area contributed by atoms with Crippen molar-refractivity contribution in [3.8, 4) is 11.4 Å². The molecule has 8 nitrogen and oxygen atoms in total. The lowest BCUT2D eigenvalue weighted by molar-refractivity contribution is 0.0941. The van der Waals surface area contributed by atoms with Gasteiger partial charge in [0, 0.05) is 12.6 Å². The summed E-state index contributed by atoms with van der Waals surface area (Å²) in [6.45, 7) is 0.595. The Bertz CT molecular complexity index is 1030. The predicted molar refractivity (Wildman–Crippen MR) is 99.8 cm³/mol. The highest BCUT2D eigenvalue weighted by molar-refractivity contribution is 5.92. The number of aromatic nitrogens is 4. The molecule has 28 heavy (non-hydrogen) atoms. The van der Waals surface area contributed by atoms with Gasteiger partial charge in [0.15, 0.2) is 11.5 Å². The zero-order valence-corrected chi connectivity index (χ0v) is 14.9. The van der Waals surface area contributed by atoms with Gasteiger partial charge in [-0.15, -0.1) is 0 Å². The molecule has 0 saturated heterocycles. The van der Waals surface area contributed by atoms with Crippen molar-refractivity contribution in [1.29, 1.82) is 0 Å². The summed E-state index contributed by atoms with van der Waals surface area (Å²) >= 11 is 0. The number of carbonyl (C=O) groups excluding carboxylic acids is 1. The van der Waals surface area contributed by atoms with Crippen molar-refractivity contribution >= 4 is 5.91 Å². The third kappa shape index (κ3) is 4.24. The molecule has 0 radical (unpaired) electrons. The molecule has 0 atom stereocenters. The Balaban J connectivity index is 1.30. The number of rotatable bonds is 7. The third-order valence-corrected chi connectivity index (χ3v) is 3.99. The van der Waals surface area contributed by atoms with Crippen LogP contribution in [-0.2, 0) is 13.2 Å². The van der Waals surface area contributed by atoms with Gasteiger partial charge in [0.1, 0.15) is 25.0 Å². The monoisotopic (exact) mass is 375 g/mol. The van der Waals surface area contributed by atoms with E-state index in [2.05, 4.69) is 20.6 Å². The second-order valence-corrected chi connectivity index (χ2v) is 5.97. The Hall–Kier alpha value is -3.94. The highest BCUT2D eigenvalue weighted by Crippen LogP contribution is 2.16. The van der Waals surface area contributed by atoms with Crippen LogP contribution >= 0.6 is 0 Å². The zero-order valence-electron chi connectivity index (χ0n) is 14.9. The standard InChI is InChI=1S/C20H17N5O3/c26-20(22-11-15-4-2-1-3-5-15)19-10-18(28-24-19)12-27-17-8-6-16(7-9-17)25-14-21-13-23-25/h1-10,13-14H,11-12H2,(H,22,26). The van der Waals surface area contributed by atoms with Crippen LogP contribution in [0.2, 0.25) is 0 Å². The molecule has 0 spiro atoms. The summed E-state index contributed by atoms with van der Waals surface area (Å²) in [6.07, 6.45) is 3.09. The largest absolute Gasteiger partial charge is 0.486 e. The molecule has 4 rings (SSSR count). The van der Waals surface area contributed by atoms with Gasteiger partial charge in [-0.2, -0.15) is 5.10 Å². The van der Waals surface area contributed by atoms with Crippen LogP contribution in [-0.4, -0.2) is 25.8 Å². The number of nitrogens with zero attached hydrogens (tertiary/aromatic N) is 4.